The quantitative estimate of drug-likeness (QED) is 0.942. The van der Waals surface area contributed by atoms with Gasteiger partial charge >= 0.3 is 5.97 Å². The molecular formula is C15H17NO3S. The van der Waals surface area contributed by atoms with Crippen molar-refractivity contribution in [3.05, 3.63) is 35.6 Å². The number of rotatable bonds is 3. The number of hydrogen-bond donors (Lipinski definition) is 1. The third-order valence-corrected chi connectivity index (χ3v) is 4.74. The standard InChI is InChI=1S/C15H17NO3S/c1-10-8-16(6-7-20-10)9-12-11-4-2-3-5-13(11)19-14(12)15(17)18/h2-5,10H,6-9H2,1H3,(H,17,18). The number of hydrogen-bond acceptors (Lipinski definition) is 4. The van der Waals surface area contributed by atoms with Crippen molar-refractivity contribution in [3.8, 4) is 0 Å². The lowest BCUT2D eigenvalue weighted by Crippen LogP contribution is -2.36. The number of fused-ring (bicyclic) bond motifs is 1. The van der Waals surface area contributed by atoms with Crippen LogP contribution in [0.2, 0.25) is 0 Å². The van der Waals surface area contributed by atoms with E-state index in [-0.39, 0.29) is 5.76 Å². The normalized spacial score (nSPS) is 20.4. The first-order valence-corrected chi connectivity index (χ1v) is 7.77. The zero-order valence-electron chi connectivity index (χ0n) is 11.3. The zero-order chi connectivity index (χ0) is 14.1. The molecule has 1 aromatic carbocycles. The molecule has 1 fully saturated rings. The third-order valence-electron chi connectivity index (χ3n) is 3.60. The van der Waals surface area contributed by atoms with Gasteiger partial charge in [-0.2, -0.15) is 11.8 Å². The van der Waals surface area contributed by atoms with Crippen LogP contribution in [0.3, 0.4) is 0 Å². The van der Waals surface area contributed by atoms with Crippen LogP contribution in [-0.2, 0) is 6.54 Å². The predicted molar refractivity (Wildman–Crippen MR) is 80.4 cm³/mol. The maximum Gasteiger partial charge on any atom is 0.372 e. The fourth-order valence-corrected chi connectivity index (χ4v) is 3.77. The smallest absolute Gasteiger partial charge is 0.372 e. The van der Waals surface area contributed by atoms with Gasteiger partial charge in [-0.25, -0.2) is 4.79 Å². The van der Waals surface area contributed by atoms with Gasteiger partial charge in [0.2, 0.25) is 5.76 Å². The molecule has 1 N–H and O–H groups in total. The Morgan fingerprint density at radius 1 is 1.50 bits per heavy atom. The SMILES string of the molecule is CC1CN(Cc2c(C(=O)O)oc3ccccc23)CCS1. The van der Waals surface area contributed by atoms with Crippen molar-refractivity contribution in [3.63, 3.8) is 0 Å². The van der Waals surface area contributed by atoms with Gasteiger partial charge in [-0.1, -0.05) is 25.1 Å². The molecule has 0 saturated carbocycles. The minimum atomic E-state index is -0.990. The molecule has 0 aliphatic carbocycles. The summed E-state index contributed by atoms with van der Waals surface area (Å²) in [4.78, 5) is 13.7. The molecular weight excluding hydrogens is 274 g/mol. The molecule has 1 aliphatic rings. The van der Waals surface area contributed by atoms with E-state index in [0.717, 1.165) is 29.8 Å². The van der Waals surface area contributed by atoms with Gasteiger partial charge in [0.1, 0.15) is 5.58 Å². The number of benzene rings is 1. The number of nitrogens with zero attached hydrogens (tertiary/aromatic N) is 1. The minimum Gasteiger partial charge on any atom is -0.475 e. The van der Waals surface area contributed by atoms with Crippen LogP contribution in [0.1, 0.15) is 23.0 Å². The molecule has 3 rings (SSSR count). The highest BCUT2D eigenvalue weighted by molar-refractivity contribution is 7.99. The molecule has 2 heterocycles. The van der Waals surface area contributed by atoms with Crippen molar-refractivity contribution >= 4 is 28.7 Å². The summed E-state index contributed by atoms with van der Waals surface area (Å²) in [5.41, 5.74) is 1.45. The average molecular weight is 291 g/mol. The Morgan fingerprint density at radius 3 is 3.05 bits per heavy atom. The first-order valence-electron chi connectivity index (χ1n) is 6.73. The summed E-state index contributed by atoms with van der Waals surface area (Å²) in [6, 6.07) is 7.53. The van der Waals surface area contributed by atoms with E-state index in [1.165, 1.54) is 0 Å². The molecule has 20 heavy (non-hydrogen) atoms. The van der Waals surface area contributed by atoms with Crippen molar-refractivity contribution < 1.29 is 14.3 Å². The van der Waals surface area contributed by atoms with Gasteiger partial charge in [-0.05, 0) is 6.07 Å². The Hall–Kier alpha value is -1.46. The molecule has 4 nitrogen and oxygen atoms in total. The number of carboxylic acid groups (broad SMARTS) is 1. The lowest BCUT2D eigenvalue weighted by molar-refractivity contribution is 0.0661. The lowest BCUT2D eigenvalue weighted by Gasteiger charge is -2.30. The van der Waals surface area contributed by atoms with Gasteiger partial charge in [0.05, 0.1) is 0 Å². The number of aromatic carboxylic acids is 1. The van der Waals surface area contributed by atoms with E-state index in [4.69, 9.17) is 4.42 Å². The molecule has 1 unspecified atom stereocenters. The van der Waals surface area contributed by atoms with Crippen LogP contribution in [0, 0.1) is 0 Å². The fraction of sp³-hybridized carbons (Fsp3) is 0.400. The Kier molecular flexibility index (Phi) is 3.72. The molecule has 1 aromatic heterocycles. The van der Waals surface area contributed by atoms with Gasteiger partial charge in [-0.3, -0.25) is 4.90 Å². The monoisotopic (exact) mass is 291 g/mol. The van der Waals surface area contributed by atoms with Crippen LogP contribution in [0.4, 0.5) is 0 Å². The number of thioether (sulfide) groups is 1. The van der Waals surface area contributed by atoms with Crippen molar-refractivity contribution in [2.75, 3.05) is 18.8 Å². The van der Waals surface area contributed by atoms with E-state index < -0.39 is 5.97 Å². The van der Waals surface area contributed by atoms with Crippen LogP contribution in [0.5, 0.6) is 0 Å². The van der Waals surface area contributed by atoms with Crippen molar-refractivity contribution in [1.82, 2.24) is 4.90 Å². The number of carboxylic acids is 1. The van der Waals surface area contributed by atoms with E-state index in [1.54, 1.807) is 0 Å². The Balaban J connectivity index is 1.96. The molecule has 106 valence electrons. The largest absolute Gasteiger partial charge is 0.475 e. The average Bonchev–Trinajstić information content (AvgIpc) is 2.78. The van der Waals surface area contributed by atoms with Crippen LogP contribution in [0.15, 0.2) is 28.7 Å². The number of carbonyl (C=O) groups is 1. The highest BCUT2D eigenvalue weighted by Gasteiger charge is 2.24. The van der Waals surface area contributed by atoms with Crippen LogP contribution in [-0.4, -0.2) is 40.1 Å². The minimum absolute atomic E-state index is 0.0806. The lowest BCUT2D eigenvalue weighted by atomic mass is 10.1. The summed E-state index contributed by atoms with van der Waals surface area (Å²) in [6.45, 7) is 4.84. The molecule has 5 heteroatoms. The molecule has 1 atom stereocenters. The van der Waals surface area contributed by atoms with Crippen molar-refractivity contribution in [1.29, 1.82) is 0 Å². The highest BCUT2D eigenvalue weighted by Crippen LogP contribution is 2.28. The van der Waals surface area contributed by atoms with E-state index in [0.29, 0.717) is 17.4 Å². The second-order valence-corrected chi connectivity index (χ2v) is 6.67. The molecule has 0 bridgehead atoms. The highest BCUT2D eigenvalue weighted by atomic mass is 32.2. The summed E-state index contributed by atoms with van der Waals surface area (Å²) in [6.07, 6.45) is 0. The summed E-state index contributed by atoms with van der Waals surface area (Å²) in [7, 11) is 0. The van der Waals surface area contributed by atoms with E-state index in [9.17, 15) is 9.90 Å². The first kappa shape index (κ1) is 13.5. The molecule has 1 aliphatic heterocycles. The maximum atomic E-state index is 11.4. The first-order chi connectivity index (χ1) is 9.65. The number of furan rings is 1. The predicted octanol–water partition coefficient (Wildman–Crippen LogP) is 3.07. The zero-order valence-corrected chi connectivity index (χ0v) is 12.2. The van der Waals surface area contributed by atoms with Crippen LogP contribution in [0.25, 0.3) is 11.0 Å². The maximum absolute atomic E-state index is 11.4. The van der Waals surface area contributed by atoms with E-state index >= 15 is 0 Å². The molecule has 1 saturated heterocycles. The van der Waals surface area contributed by atoms with Gasteiger partial charge in [0.25, 0.3) is 0 Å². The van der Waals surface area contributed by atoms with E-state index in [2.05, 4.69) is 11.8 Å². The summed E-state index contributed by atoms with van der Waals surface area (Å²) in [5.74, 6) is 0.187. The molecule has 0 spiro atoms. The molecule has 0 amide bonds. The second kappa shape index (κ2) is 5.50. The van der Waals surface area contributed by atoms with Gasteiger partial charge < -0.3 is 9.52 Å². The Morgan fingerprint density at radius 2 is 2.30 bits per heavy atom. The second-order valence-electron chi connectivity index (χ2n) is 5.13. The van der Waals surface area contributed by atoms with E-state index in [1.807, 2.05) is 36.0 Å². The van der Waals surface area contributed by atoms with Crippen LogP contribution < -0.4 is 0 Å². The summed E-state index contributed by atoms with van der Waals surface area (Å²) >= 11 is 1.97. The molecule has 0 radical (unpaired) electrons. The Labute approximate surface area is 121 Å². The third kappa shape index (κ3) is 2.55. The van der Waals surface area contributed by atoms with Crippen molar-refractivity contribution in [2.45, 2.75) is 18.7 Å². The van der Waals surface area contributed by atoms with Gasteiger partial charge in [0.15, 0.2) is 0 Å². The molecule has 2 aromatic rings. The fourth-order valence-electron chi connectivity index (χ4n) is 2.69. The van der Waals surface area contributed by atoms with Gasteiger partial charge in [-0.15, -0.1) is 0 Å². The van der Waals surface area contributed by atoms with Gasteiger partial charge in [0, 0.05) is 41.6 Å². The topological polar surface area (TPSA) is 53.7 Å². The summed E-state index contributed by atoms with van der Waals surface area (Å²) < 4.78 is 5.50. The number of para-hydroxylation sites is 1. The Bertz CT molecular complexity index is 637. The summed E-state index contributed by atoms with van der Waals surface area (Å²) in [5, 5.41) is 10.8. The van der Waals surface area contributed by atoms with Crippen LogP contribution >= 0.6 is 11.8 Å². The van der Waals surface area contributed by atoms with Crippen molar-refractivity contribution in [2.24, 2.45) is 0 Å².